The largest absolute Gasteiger partial charge is 0.493 e. The number of unbranched alkanes of at least 4 members (excludes halogenated alkanes) is 2. The van der Waals surface area contributed by atoms with Crippen LogP contribution in [0.5, 0.6) is 23.0 Å². The summed E-state index contributed by atoms with van der Waals surface area (Å²) in [5.41, 5.74) is 5.35. The molecule has 0 bridgehead atoms. The predicted octanol–water partition coefficient (Wildman–Crippen LogP) is 7.91. The Balaban J connectivity index is 0.00000616. The van der Waals surface area contributed by atoms with E-state index in [1.807, 2.05) is 84.2 Å². The number of ether oxygens (including phenoxy) is 7. The van der Waals surface area contributed by atoms with Crippen LogP contribution in [0, 0.1) is 13.8 Å². The van der Waals surface area contributed by atoms with Crippen LogP contribution in [0.2, 0.25) is 0 Å². The first-order valence-corrected chi connectivity index (χ1v) is 26.1. The number of aliphatic imine (C=N–C) groups is 1. The van der Waals surface area contributed by atoms with Gasteiger partial charge in [0, 0.05) is 75.0 Å². The maximum Gasteiger partial charge on any atom is 0.258 e. The first-order chi connectivity index (χ1) is 36.7. The van der Waals surface area contributed by atoms with Crippen molar-refractivity contribution in [2.75, 3.05) is 93.3 Å². The summed E-state index contributed by atoms with van der Waals surface area (Å²) in [5.74, 6) is 0.603. The molecule has 0 aromatic heterocycles. The first-order valence-electron chi connectivity index (χ1n) is 26.1. The molecule has 2 aromatic rings. The zero-order chi connectivity index (χ0) is 55.6. The number of methoxy groups -OCH3 is 1. The summed E-state index contributed by atoms with van der Waals surface area (Å²) < 4.78 is 41.3. The number of amides is 5. The molecule has 2 unspecified atom stereocenters. The van der Waals surface area contributed by atoms with E-state index in [2.05, 4.69) is 30.2 Å². The molecular formula is C58H80N6O12. The van der Waals surface area contributed by atoms with Crippen molar-refractivity contribution in [3.63, 3.8) is 0 Å². The lowest BCUT2D eigenvalue weighted by Crippen LogP contribution is -2.35. The number of likely N-dealkylation sites (N-methyl/N-ethyl adjacent to an activating group) is 1. The highest BCUT2D eigenvalue weighted by Crippen LogP contribution is 2.35. The lowest BCUT2D eigenvalue weighted by atomic mass is 10.1. The van der Waals surface area contributed by atoms with Gasteiger partial charge in [0.05, 0.1) is 77.7 Å². The molecule has 1 N–H and O–H groups in total. The minimum atomic E-state index is -0.413. The van der Waals surface area contributed by atoms with Crippen molar-refractivity contribution in [2.24, 2.45) is 4.99 Å². The Morgan fingerprint density at radius 2 is 1.18 bits per heavy atom. The number of hydrogen-bond donors (Lipinski definition) is 1. The fourth-order valence-corrected chi connectivity index (χ4v) is 8.31. The highest BCUT2D eigenvalue weighted by atomic mass is 16.5. The summed E-state index contributed by atoms with van der Waals surface area (Å²) >= 11 is 0. The minimum absolute atomic E-state index is 0.0259. The third kappa shape index (κ3) is 18.7. The molecule has 2 atom stereocenters. The summed E-state index contributed by atoms with van der Waals surface area (Å²) in [4.78, 5) is 73.2. The van der Waals surface area contributed by atoms with Crippen molar-refractivity contribution in [2.45, 2.75) is 92.2 Å². The molecule has 0 spiro atoms. The van der Waals surface area contributed by atoms with Gasteiger partial charge in [0.1, 0.15) is 6.61 Å². The Kier molecular flexibility index (Phi) is 26.3. The van der Waals surface area contributed by atoms with Crippen molar-refractivity contribution in [3.8, 4) is 23.0 Å². The van der Waals surface area contributed by atoms with E-state index in [0.29, 0.717) is 106 Å². The van der Waals surface area contributed by atoms with E-state index in [1.54, 1.807) is 41.2 Å². The van der Waals surface area contributed by atoms with E-state index < -0.39 is 11.8 Å². The number of carbonyl (C=O) groups excluding carboxylic acids is 5. The van der Waals surface area contributed by atoms with Crippen molar-refractivity contribution in [1.82, 2.24) is 24.9 Å². The average Bonchev–Trinajstić information content (AvgIpc) is 4.10. The number of hydrogen-bond acceptors (Lipinski definition) is 14. The summed E-state index contributed by atoms with van der Waals surface area (Å²) in [6, 6.07) is 6.95. The summed E-state index contributed by atoms with van der Waals surface area (Å²) in [6.45, 7) is 27.4. The number of imide groups is 1. The molecule has 414 valence electrons. The molecule has 0 aliphatic carbocycles. The summed E-state index contributed by atoms with van der Waals surface area (Å²) in [7, 11) is 3.46. The Labute approximate surface area is 449 Å². The first kappa shape index (κ1) is 61.5. The van der Waals surface area contributed by atoms with Crippen LogP contribution in [0.25, 0.3) is 0 Å². The number of aryl methyl sites for hydroxylation is 2. The highest BCUT2D eigenvalue weighted by molar-refractivity contribution is 6.13. The fourth-order valence-electron chi connectivity index (χ4n) is 8.31. The zero-order valence-corrected chi connectivity index (χ0v) is 46.0. The fraction of sp³-hybridized carbons (Fsp3) is 0.483. The quantitative estimate of drug-likeness (QED) is 0.0315. The minimum Gasteiger partial charge on any atom is -0.493 e. The Morgan fingerprint density at radius 3 is 1.70 bits per heavy atom. The van der Waals surface area contributed by atoms with Crippen molar-refractivity contribution >= 4 is 36.3 Å². The van der Waals surface area contributed by atoms with Gasteiger partial charge in [-0.2, -0.15) is 0 Å². The van der Waals surface area contributed by atoms with Crippen LogP contribution >= 0.6 is 0 Å². The third-order valence-electron chi connectivity index (χ3n) is 12.4. The van der Waals surface area contributed by atoms with Gasteiger partial charge < -0.3 is 53.2 Å². The van der Waals surface area contributed by atoms with Gasteiger partial charge >= 0.3 is 0 Å². The molecule has 3 heterocycles. The van der Waals surface area contributed by atoms with Gasteiger partial charge in [-0.05, 0) is 102 Å². The summed E-state index contributed by atoms with van der Waals surface area (Å²) in [5, 5.41) is 2.70. The molecule has 5 rings (SSSR count). The van der Waals surface area contributed by atoms with Gasteiger partial charge in [-0.25, -0.2) is 0 Å². The molecule has 2 aromatic carbocycles. The number of nitrogens with zero attached hydrogens (tertiary/aromatic N) is 5. The Hall–Kier alpha value is -7.02. The maximum atomic E-state index is 14.0. The van der Waals surface area contributed by atoms with E-state index in [9.17, 15) is 24.0 Å². The molecule has 0 radical (unpaired) electrons. The third-order valence-corrected chi connectivity index (χ3v) is 12.4. The van der Waals surface area contributed by atoms with Gasteiger partial charge in [0.15, 0.2) is 23.0 Å². The molecular weight excluding hydrogens is 973 g/mol. The van der Waals surface area contributed by atoms with Crippen LogP contribution in [0.1, 0.15) is 98.1 Å². The predicted molar refractivity (Wildman–Crippen MR) is 294 cm³/mol. The summed E-state index contributed by atoms with van der Waals surface area (Å²) in [6.07, 6.45) is 15.3. The van der Waals surface area contributed by atoms with Crippen molar-refractivity contribution in [1.29, 1.82) is 0 Å². The van der Waals surface area contributed by atoms with E-state index in [1.165, 1.54) is 12.2 Å². The van der Waals surface area contributed by atoms with Crippen LogP contribution in [0.3, 0.4) is 0 Å². The van der Waals surface area contributed by atoms with Gasteiger partial charge in [0.2, 0.25) is 5.91 Å². The number of rotatable bonds is 33. The van der Waals surface area contributed by atoms with Crippen LogP contribution in [-0.4, -0.2) is 161 Å². The standard InChI is InChI=1S/C56H74N6O12.C2H6/c1-10-44-29-39(3)35-61(44)55(66)46-33-48(68-9)49(31-41(46)5)72-21-13-12-14-22-73-50-32-42(6)47(56(67)62-36-40(4)30-45(62)11-2)34-51(50)74-38-43(57-7)37-59(8)20-24-70-26-28-71-27-25-69-23-18-58-52(63)17-19-60-53(64)15-16-54(60)65;1-2/h10-11,15-16,31-37,44-45H,1-2,7,12-14,17-30,38H2,3-6,8-9H3,(H,58,63);1-2H3/b43-37-;. The molecule has 5 amide bonds. The van der Waals surface area contributed by atoms with E-state index in [-0.39, 0.29) is 49.4 Å². The normalized spacial score (nSPS) is 15.9. The molecule has 0 saturated heterocycles. The second-order valence-corrected chi connectivity index (χ2v) is 18.2. The van der Waals surface area contributed by atoms with Gasteiger partial charge in [-0.1, -0.05) is 37.1 Å². The van der Waals surface area contributed by atoms with Gasteiger partial charge in [-0.15, -0.1) is 13.2 Å². The highest BCUT2D eigenvalue weighted by Gasteiger charge is 2.30. The maximum absolute atomic E-state index is 14.0. The van der Waals surface area contributed by atoms with Crippen molar-refractivity contribution in [3.05, 3.63) is 119 Å². The molecule has 0 fully saturated rings. The Morgan fingerprint density at radius 1 is 0.697 bits per heavy atom. The zero-order valence-electron chi connectivity index (χ0n) is 46.0. The second kappa shape index (κ2) is 32.4. The Bertz CT molecular complexity index is 2450. The molecule has 0 saturated carbocycles. The number of carbonyl (C=O) groups is 5. The molecule has 3 aliphatic heterocycles. The van der Waals surface area contributed by atoms with Crippen LogP contribution < -0.4 is 24.3 Å². The van der Waals surface area contributed by atoms with Gasteiger partial charge in [-0.3, -0.25) is 33.9 Å². The second-order valence-electron chi connectivity index (χ2n) is 18.2. The van der Waals surface area contributed by atoms with Crippen LogP contribution in [-0.2, 0) is 28.6 Å². The average molecular weight is 1050 g/mol. The van der Waals surface area contributed by atoms with Gasteiger partial charge in [0.25, 0.3) is 23.6 Å². The van der Waals surface area contributed by atoms with Crippen molar-refractivity contribution < 1.29 is 57.1 Å². The monoisotopic (exact) mass is 1050 g/mol. The lowest BCUT2D eigenvalue weighted by Gasteiger charge is -2.23. The molecule has 18 nitrogen and oxygen atoms in total. The van der Waals surface area contributed by atoms with E-state index in [4.69, 9.17) is 33.2 Å². The number of nitrogens with one attached hydrogen (secondary N) is 1. The van der Waals surface area contributed by atoms with E-state index in [0.717, 1.165) is 59.3 Å². The smallest absolute Gasteiger partial charge is 0.258 e. The lowest BCUT2D eigenvalue weighted by molar-refractivity contribution is -0.137. The van der Waals surface area contributed by atoms with Crippen LogP contribution in [0.15, 0.2) is 102 Å². The topological polar surface area (TPSA) is 187 Å². The number of benzene rings is 2. The van der Waals surface area contributed by atoms with E-state index >= 15 is 0 Å². The molecule has 3 aliphatic rings. The molecule has 76 heavy (non-hydrogen) atoms. The SMILES string of the molecule is C=CC1CC(C)=CN1C(=O)c1cc(OC)c(OCCCCCOc2cc(C)c(C(=O)N3C=C(C)CC3C=C)cc2OC/C(=C/N(C)CCOCCOCCOCCNC(=O)CCN2C(=O)C=CC2=O)N=C)cc1C.CC. The van der Waals surface area contributed by atoms with Crippen LogP contribution in [0.4, 0.5) is 0 Å². The molecule has 18 heteroatoms.